The maximum Gasteiger partial charge on any atom is 0.0923 e. The quantitative estimate of drug-likeness (QED) is 0.863. The third-order valence-electron chi connectivity index (χ3n) is 4.16. The van der Waals surface area contributed by atoms with Crippen molar-refractivity contribution in [2.24, 2.45) is 0 Å². The Kier molecular flexibility index (Phi) is 4.04. The maximum absolute atomic E-state index is 10.7. The number of aliphatic hydroxyl groups is 1. The highest BCUT2D eigenvalue weighted by Gasteiger charge is 2.30. The van der Waals surface area contributed by atoms with E-state index in [0.717, 1.165) is 25.1 Å². The van der Waals surface area contributed by atoms with Crippen molar-refractivity contribution in [3.05, 3.63) is 48.0 Å². The fourth-order valence-electron chi connectivity index (χ4n) is 3.01. The van der Waals surface area contributed by atoms with Gasteiger partial charge in [0.1, 0.15) is 0 Å². The number of benzene rings is 2. The smallest absolute Gasteiger partial charge is 0.0923 e. The lowest BCUT2D eigenvalue weighted by atomic mass is 10.00. The van der Waals surface area contributed by atoms with Crippen LogP contribution in [0.15, 0.2) is 42.5 Å². The number of rotatable bonds is 6. The van der Waals surface area contributed by atoms with Crippen molar-refractivity contribution >= 4 is 10.8 Å². The van der Waals surface area contributed by atoms with Crippen LogP contribution < -0.4 is 0 Å². The average Bonchev–Trinajstić information content (AvgIpc) is 3.31. The molecule has 2 aromatic rings. The van der Waals surface area contributed by atoms with Crippen molar-refractivity contribution in [1.29, 1.82) is 0 Å². The molecule has 20 heavy (non-hydrogen) atoms. The summed E-state index contributed by atoms with van der Waals surface area (Å²) in [6, 6.07) is 15.2. The molecule has 1 atom stereocenters. The second-order valence-corrected chi connectivity index (χ2v) is 5.81. The van der Waals surface area contributed by atoms with E-state index in [1.807, 2.05) is 18.2 Å². The molecule has 106 valence electrons. The number of aliphatic hydroxyl groups excluding tert-OH is 1. The second-order valence-electron chi connectivity index (χ2n) is 5.81. The lowest BCUT2D eigenvalue weighted by Crippen LogP contribution is -2.31. The molecule has 1 saturated carbocycles. The lowest BCUT2D eigenvalue weighted by Gasteiger charge is -2.25. The average molecular weight is 269 g/mol. The summed E-state index contributed by atoms with van der Waals surface area (Å²) in [7, 11) is 0. The van der Waals surface area contributed by atoms with Crippen LogP contribution in [-0.4, -0.2) is 29.1 Å². The van der Waals surface area contributed by atoms with Crippen molar-refractivity contribution in [3.8, 4) is 0 Å². The minimum atomic E-state index is -0.395. The van der Waals surface area contributed by atoms with Gasteiger partial charge in [0.15, 0.2) is 0 Å². The molecular weight excluding hydrogens is 246 g/mol. The Morgan fingerprint density at radius 3 is 2.65 bits per heavy atom. The summed E-state index contributed by atoms with van der Waals surface area (Å²) < 4.78 is 0. The molecule has 0 heterocycles. The van der Waals surface area contributed by atoms with E-state index in [1.54, 1.807) is 0 Å². The summed E-state index contributed by atoms with van der Waals surface area (Å²) in [6.07, 6.45) is 3.34. The van der Waals surface area contributed by atoms with Crippen molar-refractivity contribution in [3.63, 3.8) is 0 Å². The molecular formula is C18H23NO. The van der Waals surface area contributed by atoms with Gasteiger partial charge in [-0.25, -0.2) is 0 Å². The van der Waals surface area contributed by atoms with Gasteiger partial charge < -0.3 is 5.11 Å². The largest absolute Gasteiger partial charge is 0.387 e. The van der Waals surface area contributed by atoms with Gasteiger partial charge in [0.05, 0.1) is 6.10 Å². The first kappa shape index (κ1) is 13.6. The van der Waals surface area contributed by atoms with E-state index in [2.05, 4.69) is 36.1 Å². The van der Waals surface area contributed by atoms with Gasteiger partial charge in [-0.3, -0.25) is 4.90 Å². The van der Waals surface area contributed by atoms with Gasteiger partial charge in [-0.2, -0.15) is 0 Å². The highest BCUT2D eigenvalue weighted by molar-refractivity contribution is 5.85. The van der Waals surface area contributed by atoms with Gasteiger partial charge in [0.2, 0.25) is 0 Å². The van der Waals surface area contributed by atoms with Gasteiger partial charge >= 0.3 is 0 Å². The van der Waals surface area contributed by atoms with Gasteiger partial charge in [-0.05, 0) is 42.1 Å². The summed E-state index contributed by atoms with van der Waals surface area (Å²) in [4.78, 5) is 2.45. The van der Waals surface area contributed by atoms with E-state index < -0.39 is 6.10 Å². The maximum atomic E-state index is 10.7. The Morgan fingerprint density at radius 2 is 1.90 bits per heavy atom. The minimum absolute atomic E-state index is 0.395. The Labute approximate surface area is 121 Å². The Hall–Kier alpha value is -1.38. The van der Waals surface area contributed by atoms with E-state index in [0.29, 0.717) is 6.04 Å². The zero-order chi connectivity index (χ0) is 13.9. The molecule has 2 nitrogen and oxygen atoms in total. The van der Waals surface area contributed by atoms with Gasteiger partial charge in [0.25, 0.3) is 0 Å². The van der Waals surface area contributed by atoms with Crippen LogP contribution in [0.5, 0.6) is 0 Å². The summed E-state index contributed by atoms with van der Waals surface area (Å²) in [5.74, 6) is 0. The van der Waals surface area contributed by atoms with Crippen molar-refractivity contribution in [2.45, 2.75) is 38.3 Å². The topological polar surface area (TPSA) is 23.5 Å². The lowest BCUT2D eigenvalue weighted by molar-refractivity contribution is 0.110. The van der Waals surface area contributed by atoms with Crippen LogP contribution in [0.25, 0.3) is 10.8 Å². The number of fused-ring (bicyclic) bond motifs is 1. The van der Waals surface area contributed by atoms with Gasteiger partial charge in [-0.1, -0.05) is 49.4 Å². The minimum Gasteiger partial charge on any atom is -0.387 e. The van der Waals surface area contributed by atoms with Gasteiger partial charge in [0, 0.05) is 12.6 Å². The third-order valence-corrected chi connectivity index (χ3v) is 4.16. The molecule has 3 rings (SSSR count). The predicted molar refractivity (Wildman–Crippen MR) is 83.8 cm³/mol. The molecule has 0 radical (unpaired) electrons. The first-order valence-electron chi connectivity index (χ1n) is 7.69. The van der Waals surface area contributed by atoms with E-state index in [-0.39, 0.29) is 0 Å². The van der Waals surface area contributed by atoms with Crippen molar-refractivity contribution in [1.82, 2.24) is 4.90 Å². The molecule has 0 aromatic heterocycles. The predicted octanol–water partition coefficient (Wildman–Crippen LogP) is 3.75. The molecule has 0 aliphatic heterocycles. The van der Waals surface area contributed by atoms with E-state index in [4.69, 9.17) is 0 Å². The van der Waals surface area contributed by atoms with Crippen molar-refractivity contribution in [2.75, 3.05) is 13.1 Å². The van der Waals surface area contributed by atoms with Gasteiger partial charge in [-0.15, -0.1) is 0 Å². The first-order chi connectivity index (χ1) is 9.79. The standard InChI is InChI=1S/C18H23NO/c1-2-12-19(15-10-11-15)13-18(20)17-9-5-7-14-6-3-4-8-16(14)17/h3-9,15,18,20H,2,10-13H2,1H3. The monoisotopic (exact) mass is 269 g/mol. The molecule has 2 heteroatoms. The Bertz CT molecular complexity index is 571. The molecule has 0 saturated heterocycles. The molecule has 0 spiro atoms. The fraction of sp³-hybridized carbons (Fsp3) is 0.444. The highest BCUT2D eigenvalue weighted by Crippen LogP contribution is 2.30. The molecule has 1 N–H and O–H groups in total. The Morgan fingerprint density at radius 1 is 1.15 bits per heavy atom. The van der Waals surface area contributed by atoms with Crippen LogP contribution in [0.1, 0.15) is 37.9 Å². The summed E-state index contributed by atoms with van der Waals surface area (Å²) in [5, 5.41) is 13.0. The summed E-state index contributed by atoms with van der Waals surface area (Å²) in [5.41, 5.74) is 1.06. The van der Waals surface area contributed by atoms with E-state index in [1.165, 1.54) is 23.6 Å². The SMILES string of the molecule is CCCN(CC(O)c1cccc2ccccc12)C1CC1. The number of nitrogens with zero attached hydrogens (tertiary/aromatic N) is 1. The molecule has 1 aliphatic rings. The normalized spacial score (nSPS) is 16.8. The van der Waals surface area contributed by atoms with Crippen LogP contribution in [0, 0.1) is 0 Å². The fourth-order valence-corrected chi connectivity index (χ4v) is 3.01. The first-order valence-corrected chi connectivity index (χ1v) is 7.69. The van der Waals surface area contributed by atoms with Crippen LogP contribution in [0.2, 0.25) is 0 Å². The zero-order valence-electron chi connectivity index (χ0n) is 12.1. The zero-order valence-corrected chi connectivity index (χ0v) is 12.1. The molecule has 1 unspecified atom stereocenters. The second kappa shape index (κ2) is 5.94. The highest BCUT2D eigenvalue weighted by atomic mass is 16.3. The Balaban J connectivity index is 1.82. The van der Waals surface area contributed by atoms with Crippen LogP contribution in [-0.2, 0) is 0 Å². The third kappa shape index (κ3) is 2.87. The number of hydrogen-bond acceptors (Lipinski definition) is 2. The number of hydrogen-bond donors (Lipinski definition) is 1. The molecule has 1 fully saturated rings. The molecule has 0 bridgehead atoms. The van der Waals surface area contributed by atoms with E-state index >= 15 is 0 Å². The summed E-state index contributed by atoms with van der Waals surface area (Å²) >= 11 is 0. The van der Waals surface area contributed by atoms with Crippen LogP contribution in [0.4, 0.5) is 0 Å². The van der Waals surface area contributed by atoms with Crippen LogP contribution >= 0.6 is 0 Å². The molecule has 2 aromatic carbocycles. The van der Waals surface area contributed by atoms with E-state index in [9.17, 15) is 5.11 Å². The summed E-state index contributed by atoms with van der Waals surface area (Å²) in [6.45, 7) is 4.05. The molecule has 1 aliphatic carbocycles. The van der Waals surface area contributed by atoms with Crippen molar-refractivity contribution < 1.29 is 5.11 Å². The van der Waals surface area contributed by atoms with Crippen LogP contribution in [0.3, 0.4) is 0 Å². The molecule has 0 amide bonds.